The van der Waals surface area contributed by atoms with Crippen LogP contribution in [0.3, 0.4) is 0 Å². The van der Waals surface area contributed by atoms with Crippen LogP contribution in [-0.4, -0.2) is 21.7 Å². The number of carbonyl (C=O) groups is 2. The van der Waals surface area contributed by atoms with Gasteiger partial charge in [0.05, 0.1) is 11.4 Å². The van der Waals surface area contributed by atoms with Gasteiger partial charge in [-0.1, -0.05) is 29.8 Å². The summed E-state index contributed by atoms with van der Waals surface area (Å²) in [5, 5.41) is 7.39. The minimum absolute atomic E-state index is 0.0466. The Morgan fingerprint density at radius 3 is 2.77 bits per heavy atom. The van der Waals surface area contributed by atoms with Gasteiger partial charge in [0, 0.05) is 27.7 Å². The molecule has 3 rings (SSSR count). The summed E-state index contributed by atoms with van der Waals surface area (Å²) < 4.78 is 6.83. The Hall–Kier alpha value is -2.64. The molecule has 6 nitrogen and oxygen atoms in total. The number of benzene rings is 1. The molecule has 0 radical (unpaired) electrons. The van der Waals surface area contributed by atoms with E-state index < -0.39 is 6.09 Å². The summed E-state index contributed by atoms with van der Waals surface area (Å²) in [4.78, 5) is 24.9. The Bertz CT molecular complexity index is 935. The summed E-state index contributed by atoms with van der Waals surface area (Å²) in [6, 6.07) is 12.5. The predicted molar refractivity (Wildman–Crippen MR) is 101 cm³/mol. The molecule has 0 aliphatic carbocycles. The van der Waals surface area contributed by atoms with Crippen LogP contribution >= 0.6 is 22.9 Å². The fourth-order valence-corrected chi connectivity index (χ4v) is 3.31. The number of Topliss-reactive ketones (excluding diaryl/α,β-unsaturated/α-hetero) is 1. The smallest absolute Gasteiger partial charge is 0.413 e. The lowest BCUT2D eigenvalue weighted by molar-refractivity contribution is 0.102. The SMILES string of the molecule is CC(=O)c1ccc(Cn2ccc(NC(=O)OCc3ccccc3Cl)n2)s1. The quantitative estimate of drug-likeness (QED) is 0.625. The fraction of sp³-hybridized carbons (Fsp3) is 0.167. The van der Waals surface area contributed by atoms with Crippen molar-refractivity contribution in [2.75, 3.05) is 5.32 Å². The number of thiophene rings is 1. The average Bonchev–Trinajstić information content (AvgIpc) is 3.24. The van der Waals surface area contributed by atoms with Crippen LogP contribution in [0.25, 0.3) is 0 Å². The van der Waals surface area contributed by atoms with Crippen molar-refractivity contribution in [1.29, 1.82) is 0 Å². The fourth-order valence-electron chi connectivity index (χ4n) is 2.23. The molecule has 1 aromatic carbocycles. The van der Waals surface area contributed by atoms with Crippen LogP contribution in [0, 0.1) is 0 Å². The van der Waals surface area contributed by atoms with Gasteiger partial charge in [0.15, 0.2) is 11.6 Å². The third-order valence-corrected chi connectivity index (χ3v) is 5.05. The zero-order valence-corrected chi connectivity index (χ0v) is 15.5. The number of carbonyl (C=O) groups excluding carboxylic acids is 2. The first-order valence-corrected chi connectivity index (χ1v) is 9.01. The molecule has 0 atom stereocenters. The molecule has 26 heavy (non-hydrogen) atoms. The first-order chi connectivity index (χ1) is 12.5. The van der Waals surface area contributed by atoms with E-state index in [1.807, 2.05) is 18.2 Å². The molecule has 2 heterocycles. The lowest BCUT2D eigenvalue weighted by Crippen LogP contribution is -2.14. The maximum absolute atomic E-state index is 11.9. The largest absolute Gasteiger partial charge is 0.444 e. The van der Waals surface area contributed by atoms with Gasteiger partial charge in [0.25, 0.3) is 0 Å². The van der Waals surface area contributed by atoms with Gasteiger partial charge in [0.1, 0.15) is 6.61 Å². The summed E-state index contributed by atoms with van der Waals surface area (Å²) >= 11 is 7.45. The number of nitrogens with zero attached hydrogens (tertiary/aromatic N) is 2. The van der Waals surface area contributed by atoms with Crippen molar-refractivity contribution in [3.05, 3.63) is 69.0 Å². The molecule has 0 unspecified atom stereocenters. The second-order valence-corrected chi connectivity index (χ2v) is 7.09. The highest BCUT2D eigenvalue weighted by Gasteiger charge is 2.09. The molecule has 1 N–H and O–H groups in total. The number of nitrogens with one attached hydrogen (secondary N) is 1. The first kappa shape index (κ1) is 18.2. The summed E-state index contributed by atoms with van der Waals surface area (Å²) in [6.07, 6.45) is 1.14. The number of aromatic nitrogens is 2. The van der Waals surface area contributed by atoms with Crippen LogP contribution in [0.5, 0.6) is 0 Å². The number of ether oxygens (including phenoxy) is 1. The van der Waals surface area contributed by atoms with Crippen LogP contribution in [0.15, 0.2) is 48.7 Å². The number of anilines is 1. The van der Waals surface area contributed by atoms with Crippen LogP contribution in [0.1, 0.15) is 27.0 Å². The molecule has 0 fully saturated rings. The van der Waals surface area contributed by atoms with Gasteiger partial charge in [-0.05, 0) is 25.1 Å². The summed E-state index contributed by atoms with van der Waals surface area (Å²) in [6.45, 7) is 2.14. The van der Waals surface area contributed by atoms with Crippen LogP contribution in [0.4, 0.5) is 10.6 Å². The highest BCUT2D eigenvalue weighted by Crippen LogP contribution is 2.19. The molecule has 8 heteroatoms. The minimum Gasteiger partial charge on any atom is -0.444 e. The Kier molecular flexibility index (Phi) is 5.70. The summed E-state index contributed by atoms with van der Waals surface area (Å²) in [5.41, 5.74) is 0.730. The van der Waals surface area contributed by atoms with Gasteiger partial charge in [-0.15, -0.1) is 11.3 Å². The predicted octanol–water partition coefficient (Wildman–Crippen LogP) is 4.60. The maximum Gasteiger partial charge on any atom is 0.413 e. The lowest BCUT2D eigenvalue weighted by Gasteiger charge is -2.06. The highest BCUT2D eigenvalue weighted by molar-refractivity contribution is 7.14. The van der Waals surface area contributed by atoms with Gasteiger partial charge in [-0.2, -0.15) is 5.10 Å². The number of amides is 1. The third kappa shape index (κ3) is 4.71. The Morgan fingerprint density at radius 1 is 1.23 bits per heavy atom. The topological polar surface area (TPSA) is 73.2 Å². The molecule has 0 saturated heterocycles. The number of hydrogen-bond donors (Lipinski definition) is 1. The Morgan fingerprint density at radius 2 is 2.04 bits per heavy atom. The van der Waals surface area contributed by atoms with Crippen molar-refractivity contribution >= 4 is 40.6 Å². The summed E-state index contributed by atoms with van der Waals surface area (Å²) in [5.74, 6) is 0.433. The van der Waals surface area contributed by atoms with E-state index in [-0.39, 0.29) is 12.4 Å². The zero-order chi connectivity index (χ0) is 18.5. The number of rotatable bonds is 6. The van der Waals surface area contributed by atoms with Gasteiger partial charge in [-0.3, -0.25) is 14.8 Å². The average molecular weight is 390 g/mol. The van der Waals surface area contributed by atoms with Crippen molar-refractivity contribution in [3.8, 4) is 0 Å². The first-order valence-electron chi connectivity index (χ1n) is 7.81. The van der Waals surface area contributed by atoms with Gasteiger partial charge in [-0.25, -0.2) is 4.79 Å². The normalized spacial score (nSPS) is 10.5. The molecule has 3 aromatic rings. The molecule has 0 bridgehead atoms. The van der Waals surface area contributed by atoms with E-state index in [1.165, 1.54) is 11.3 Å². The molecule has 0 aliphatic heterocycles. The third-order valence-electron chi connectivity index (χ3n) is 3.51. The van der Waals surface area contributed by atoms with Crippen molar-refractivity contribution in [2.45, 2.75) is 20.1 Å². The number of halogens is 1. The number of ketones is 1. The van der Waals surface area contributed by atoms with Crippen LogP contribution in [-0.2, 0) is 17.9 Å². The van der Waals surface area contributed by atoms with Crippen LogP contribution < -0.4 is 5.32 Å². The van der Waals surface area contributed by atoms with Crippen molar-refractivity contribution < 1.29 is 14.3 Å². The molecular weight excluding hydrogens is 374 g/mol. The summed E-state index contributed by atoms with van der Waals surface area (Å²) in [7, 11) is 0. The standard InChI is InChI=1S/C18H16ClN3O3S/c1-12(23)16-7-6-14(26-16)10-22-9-8-17(21-22)20-18(24)25-11-13-4-2-3-5-15(13)19/h2-9H,10-11H2,1H3,(H,20,21,24). The van der Waals surface area contributed by atoms with E-state index in [9.17, 15) is 9.59 Å². The van der Waals surface area contributed by atoms with Gasteiger partial charge >= 0.3 is 6.09 Å². The lowest BCUT2D eigenvalue weighted by atomic mass is 10.2. The van der Waals surface area contributed by atoms with E-state index in [4.69, 9.17) is 16.3 Å². The number of hydrogen-bond acceptors (Lipinski definition) is 5. The Balaban J connectivity index is 1.53. The molecule has 134 valence electrons. The van der Waals surface area contributed by atoms with Crippen molar-refractivity contribution in [2.24, 2.45) is 0 Å². The van der Waals surface area contributed by atoms with Crippen molar-refractivity contribution in [1.82, 2.24) is 9.78 Å². The molecule has 0 aliphatic rings. The van der Waals surface area contributed by atoms with E-state index in [0.29, 0.717) is 22.3 Å². The molecule has 2 aromatic heterocycles. The molecule has 0 spiro atoms. The van der Waals surface area contributed by atoms with Gasteiger partial charge in [0.2, 0.25) is 0 Å². The molecular formula is C18H16ClN3O3S. The maximum atomic E-state index is 11.9. The second-order valence-electron chi connectivity index (χ2n) is 5.51. The monoisotopic (exact) mass is 389 g/mol. The highest BCUT2D eigenvalue weighted by atomic mass is 35.5. The zero-order valence-electron chi connectivity index (χ0n) is 13.9. The molecule has 0 saturated carbocycles. The minimum atomic E-state index is -0.606. The second kappa shape index (κ2) is 8.16. The van der Waals surface area contributed by atoms with E-state index in [0.717, 1.165) is 10.4 Å². The molecule has 1 amide bonds. The van der Waals surface area contributed by atoms with E-state index >= 15 is 0 Å². The van der Waals surface area contributed by atoms with Crippen LogP contribution in [0.2, 0.25) is 5.02 Å². The van der Waals surface area contributed by atoms with Crippen molar-refractivity contribution in [3.63, 3.8) is 0 Å². The van der Waals surface area contributed by atoms with E-state index in [2.05, 4.69) is 10.4 Å². The Labute approximate surface area is 159 Å². The van der Waals surface area contributed by atoms with E-state index in [1.54, 1.807) is 42.1 Å². The van der Waals surface area contributed by atoms with Gasteiger partial charge < -0.3 is 4.74 Å².